The zero-order valence-electron chi connectivity index (χ0n) is 18.6. The first-order chi connectivity index (χ1) is 16.0. The van der Waals surface area contributed by atoms with Gasteiger partial charge in [-0.2, -0.15) is 8.78 Å². The number of hydrogen-bond donors (Lipinski definition) is 1. The van der Waals surface area contributed by atoms with Crippen molar-refractivity contribution in [2.75, 3.05) is 11.1 Å². The van der Waals surface area contributed by atoms with Crippen LogP contribution in [0.3, 0.4) is 0 Å². The van der Waals surface area contributed by atoms with Gasteiger partial charge < -0.3 is 10.1 Å². The van der Waals surface area contributed by atoms with Crippen LogP contribution in [0, 0.1) is 0 Å². The first-order valence-corrected chi connectivity index (χ1v) is 11.6. The van der Waals surface area contributed by atoms with E-state index in [0.717, 1.165) is 29.7 Å². The van der Waals surface area contributed by atoms with Crippen LogP contribution in [0.2, 0.25) is 0 Å². The van der Waals surface area contributed by atoms with E-state index >= 15 is 0 Å². The lowest BCUT2D eigenvalue weighted by Crippen LogP contribution is -2.17. The van der Waals surface area contributed by atoms with Crippen molar-refractivity contribution < 1.29 is 18.3 Å². The van der Waals surface area contributed by atoms with Gasteiger partial charge in [-0.05, 0) is 48.2 Å². The number of para-hydroxylation sites is 1. The molecule has 0 aliphatic rings. The fraction of sp³-hybridized carbons (Fsp3) is 0.292. The number of thioether (sulfide) groups is 1. The number of carbonyl (C=O) groups is 1. The number of amides is 1. The third-order valence-corrected chi connectivity index (χ3v) is 5.93. The molecule has 6 nitrogen and oxygen atoms in total. The van der Waals surface area contributed by atoms with Gasteiger partial charge >= 0.3 is 6.61 Å². The summed E-state index contributed by atoms with van der Waals surface area (Å²) < 4.78 is 31.0. The minimum Gasteiger partial charge on any atom is -0.435 e. The van der Waals surface area contributed by atoms with Gasteiger partial charge in [0.25, 0.3) is 0 Å². The summed E-state index contributed by atoms with van der Waals surface area (Å²) >= 11 is 1.27. The highest BCUT2D eigenvalue weighted by atomic mass is 32.2. The van der Waals surface area contributed by atoms with Crippen molar-refractivity contribution in [1.29, 1.82) is 0 Å². The Hall–Kier alpha value is -3.20. The lowest BCUT2D eigenvalue weighted by Gasteiger charge is -2.14. The maximum absolute atomic E-state index is 12.7. The minimum absolute atomic E-state index is 0.0635. The molecule has 33 heavy (non-hydrogen) atoms. The van der Waals surface area contributed by atoms with Crippen LogP contribution >= 0.6 is 11.8 Å². The maximum Gasteiger partial charge on any atom is 0.387 e. The van der Waals surface area contributed by atoms with Crippen LogP contribution in [0.15, 0.2) is 60.3 Å². The SMILES string of the molecule is C=CCn1c(SCC(=O)Nc2c(CC)cccc2CC)nnc1-c1ccc(OC(F)F)cc1. The van der Waals surface area contributed by atoms with Gasteiger partial charge in [-0.15, -0.1) is 16.8 Å². The van der Waals surface area contributed by atoms with Crippen LogP contribution in [0.5, 0.6) is 5.75 Å². The van der Waals surface area contributed by atoms with Gasteiger partial charge in [0.2, 0.25) is 5.91 Å². The molecule has 0 atom stereocenters. The smallest absolute Gasteiger partial charge is 0.387 e. The molecule has 0 spiro atoms. The Labute approximate surface area is 196 Å². The van der Waals surface area contributed by atoms with E-state index < -0.39 is 6.61 Å². The number of benzene rings is 2. The second-order valence-corrected chi connectivity index (χ2v) is 8.05. The first-order valence-electron chi connectivity index (χ1n) is 10.6. The Balaban J connectivity index is 1.74. The highest BCUT2D eigenvalue weighted by Gasteiger charge is 2.17. The van der Waals surface area contributed by atoms with E-state index in [1.165, 1.54) is 23.9 Å². The number of aromatic nitrogens is 3. The summed E-state index contributed by atoms with van der Waals surface area (Å²) in [7, 11) is 0. The quantitative estimate of drug-likeness (QED) is 0.291. The molecule has 0 aliphatic carbocycles. The molecule has 1 aromatic heterocycles. The Bertz CT molecular complexity index is 1080. The Kier molecular flexibility index (Phi) is 8.59. The molecule has 0 radical (unpaired) electrons. The molecule has 9 heteroatoms. The fourth-order valence-corrected chi connectivity index (χ4v) is 4.14. The van der Waals surface area contributed by atoms with Gasteiger partial charge in [0.05, 0.1) is 5.75 Å². The standard InChI is InChI=1S/C24H26F2N4O2S/c1-4-14-30-22(18-10-12-19(13-11-18)32-23(25)26)28-29-24(30)33-15-20(31)27-21-16(5-2)8-7-9-17(21)6-3/h4,7-13,23H,1,5-6,14-15H2,2-3H3,(H,27,31). The highest BCUT2D eigenvalue weighted by molar-refractivity contribution is 7.99. The van der Waals surface area contributed by atoms with Gasteiger partial charge in [0, 0.05) is 17.8 Å². The number of alkyl halides is 2. The number of anilines is 1. The summed E-state index contributed by atoms with van der Waals surface area (Å²) in [5.74, 6) is 0.649. The van der Waals surface area contributed by atoms with Crippen LogP contribution in [-0.4, -0.2) is 33.0 Å². The molecule has 0 aliphatic heterocycles. The molecule has 174 valence electrons. The van der Waals surface area contributed by atoms with Gasteiger partial charge in [0.1, 0.15) is 5.75 Å². The predicted molar refractivity (Wildman–Crippen MR) is 127 cm³/mol. The summed E-state index contributed by atoms with van der Waals surface area (Å²) in [6.07, 6.45) is 3.36. The number of allylic oxidation sites excluding steroid dienone is 1. The number of aryl methyl sites for hydroxylation is 2. The number of nitrogens with one attached hydrogen (secondary N) is 1. The van der Waals surface area contributed by atoms with Crippen LogP contribution in [0.1, 0.15) is 25.0 Å². The van der Waals surface area contributed by atoms with Crippen LogP contribution in [0.4, 0.5) is 14.5 Å². The lowest BCUT2D eigenvalue weighted by molar-refractivity contribution is -0.113. The predicted octanol–water partition coefficient (Wildman–Crippen LogP) is 5.59. The summed E-state index contributed by atoms with van der Waals surface area (Å²) in [6, 6.07) is 12.2. The zero-order chi connectivity index (χ0) is 23.8. The Morgan fingerprint density at radius 1 is 1.15 bits per heavy atom. The zero-order valence-corrected chi connectivity index (χ0v) is 19.4. The van der Waals surface area contributed by atoms with Gasteiger partial charge in [-0.3, -0.25) is 9.36 Å². The molecule has 0 bridgehead atoms. The largest absolute Gasteiger partial charge is 0.435 e. The minimum atomic E-state index is -2.88. The van der Waals surface area contributed by atoms with Crippen molar-refractivity contribution >= 4 is 23.4 Å². The number of nitrogens with zero attached hydrogens (tertiary/aromatic N) is 3. The number of ether oxygens (including phenoxy) is 1. The average Bonchev–Trinajstić information content (AvgIpc) is 3.20. The van der Waals surface area contributed by atoms with E-state index in [-0.39, 0.29) is 17.4 Å². The number of halogens is 2. The molecular formula is C24H26F2N4O2S. The highest BCUT2D eigenvalue weighted by Crippen LogP contribution is 2.27. The van der Waals surface area contributed by atoms with E-state index in [0.29, 0.717) is 23.1 Å². The topological polar surface area (TPSA) is 69.0 Å². The number of hydrogen-bond acceptors (Lipinski definition) is 5. The molecule has 1 heterocycles. The van der Waals surface area contributed by atoms with E-state index in [2.05, 4.69) is 40.7 Å². The van der Waals surface area contributed by atoms with Crippen molar-refractivity contribution in [1.82, 2.24) is 14.8 Å². The summed E-state index contributed by atoms with van der Waals surface area (Å²) in [5.41, 5.74) is 3.77. The summed E-state index contributed by atoms with van der Waals surface area (Å²) in [4.78, 5) is 12.7. The monoisotopic (exact) mass is 472 g/mol. The average molecular weight is 473 g/mol. The molecule has 0 saturated carbocycles. The molecule has 2 aromatic carbocycles. The third kappa shape index (κ3) is 6.19. The number of rotatable bonds is 11. The molecule has 0 fully saturated rings. The number of carbonyl (C=O) groups excluding carboxylic acids is 1. The van der Waals surface area contributed by atoms with E-state index in [4.69, 9.17) is 0 Å². The molecule has 3 rings (SSSR count). The summed E-state index contributed by atoms with van der Waals surface area (Å²) in [5, 5.41) is 12.1. The fourth-order valence-electron chi connectivity index (χ4n) is 3.40. The maximum atomic E-state index is 12.7. The van der Waals surface area contributed by atoms with Crippen LogP contribution in [0.25, 0.3) is 11.4 Å². The van der Waals surface area contributed by atoms with Crippen molar-refractivity contribution in [3.63, 3.8) is 0 Å². The van der Waals surface area contributed by atoms with E-state index in [1.54, 1.807) is 18.2 Å². The molecule has 0 unspecified atom stereocenters. The molecule has 1 amide bonds. The Morgan fingerprint density at radius 2 is 1.82 bits per heavy atom. The Morgan fingerprint density at radius 3 is 2.39 bits per heavy atom. The normalized spacial score (nSPS) is 10.9. The van der Waals surface area contributed by atoms with Gasteiger partial charge in [-0.25, -0.2) is 0 Å². The third-order valence-electron chi connectivity index (χ3n) is 4.96. The van der Waals surface area contributed by atoms with E-state index in [9.17, 15) is 13.6 Å². The van der Waals surface area contributed by atoms with Gasteiger partial charge in [-0.1, -0.05) is 49.9 Å². The van der Waals surface area contributed by atoms with Crippen LogP contribution < -0.4 is 10.1 Å². The van der Waals surface area contributed by atoms with Crippen LogP contribution in [-0.2, 0) is 24.2 Å². The van der Waals surface area contributed by atoms with Crippen molar-refractivity contribution in [2.24, 2.45) is 0 Å². The first kappa shape index (κ1) is 24.4. The van der Waals surface area contributed by atoms with Crippen molar-refractivity contribution in [3.05, 3.63) is 66.2 Å². The molecule has 0 saturated heterocycles. The molecular weight excluding hydrogens is 446 g/mol. The second kappa shape index (κ2) is 11.6. The molecule has 3 aromatic rings. The lowest BCUT2D eigenvalue weighted by atomic mass is 10.0. The van der Waals surface area contributed by atoms with E-state index in [1.807, 2.05) is 22.8 Å². The van der Waals surface area contributed by atoms with Gasteiger partial charge in [0.15, 0.2) is 11.0 Å². The second-order valence-electron chi connectivity index (χ2n) is 7.10. The van der Waals surface area contributed by atoms with Crippen molar-refractivity contribution in [2.45, 2.75) is 45.0 Å². The summed E-state index contributed by atoms with van der Waals surface area (Å²) in [6.45, 7) is 5.45. The molecule has 1 N–H and O–H groups in total. The van der Waals surface area contributed by atoms with Crippen molar-refractivity contribution in [3.8, 4) is 17.1 Å².